The van der Waals surface area contributed by atoms with Gasteiger partial charge in [0.05, 0.1) is 6.61 Å². The van der Waals surface area contributed by atoms with Crippen molar-refractivity contribution < 1.29 is 9.53 Å². The maximum atomic E-state index is 11.0. The van der Waals surface area contributed by atoms with E-state index in [0.717, 1.165) is 19.5 Å². The Morgan fingerprint density at radius 1 is 1.67 bits per heavy atom. The fourth-order valence-corrected chi connectivity index (χ4v) is 1.52. The van der Waals surface area contributed by atoms with E-state index in [-0.39, 0.29) is 5.97 Å². The number of esters is 1. The third-order valence-corrected chi connectivity index (χ3v) is 2.22. The van der Waals surface area contributed by atoms with Gasteiger partial charge in [-0.2, -0.15) is 0 Å². The largest absolute Gasteiger partial charge is 0.466 e. The zero-order chi connectivity index (χ0) is 8.81. The molecule has 0 saturated carbocycles. The van der Waals surface area contributed by atoms with Gasteiger partial charge in [0, 0.05) is 6.42 Å². The van der Waals surface area contributed by atoms with Crippen molar-refractivity contribution in [2.75, 3.05) is 19.7 Å². The number of nitrogens with one attached hydrogen (secondary N) is 1. The SMILES string of the molecule is CCOC(=O)CCC1CCNC1. The van der Waals surface area contributed by atoms with Crippen molar-refractivity contribution in [3.8, 4) is 0 Å². The molecule has 1 fully saturated rings. The molecule has 0 amide bonds. The highest BCUT2D eigenvalue weighted by molar-refractivity contribution is 5.69. The van der Waals surface area contributed by atoms with Crippen LogP contribution < -0.4 is 5.32 Å². The van der Waals surface area contributed by atoms with Crippen molar-refractivity contribution in [2.24, 2.45) is 5.92 Å². The molecule has 1 aliphatic heterocycles. The summed E-state index contributed by atoms with van der Waals surface area (Å²) in [6.45, 7) is 4.52. The van der Waals surface area contributed by atoms with Crippen LogP contribution in [0.3, 0.4) is 0 Å². The van der Waals surface area contributed by atoms with Crippen LogP contribution in [0.2, 0.25) is 0 Å². The number of hydrogen-bond donors (Lipinski definition) is 1. The zero-order valence-electron chi connectivity index (χ0n) is 7.64. The molecule has 1 unspecified atom stereocenters. The first-order valence-corrected chi connectivity index (χ1v) is 4.69. The highest BCUT2D eigenvalue weighted by Gasteiger charge is 2.15. The Hall–Kier alpha value is -0.570. The van der Waals surface area contributed by atoms with Crippen LogP contribution in [0.25, 0.3) is 0 Å². The van der Waals surface area contributed by atoms with Gasteiger partial charge in [0.25, 0.3) is 0 Å². The quantitative estimate of drug-likeness (QED) is 0.640. The molecule has 1 rings (SSSR count). The number of rotatable bonds is 4. The Bertz CT molecular complexity index is 141. The Kier molecular flexibility index (Phi) is 4.08. The summed E-state index contributed by atoms with van der Waals surface area (Å²) in [5.74, 6) is 0.638. The molecule has 0 aromatic heterocycles. The molecule has 0 bridgehead atoms. The van der Waals surface area contributed by atoms with Crippen LogP contribution in [0.5, 0.6) is 0 Å². The first kappa shape index (κ1) is 9.52. The van der Waals surface area contributed by atoms with E-state index in [0.29, 0.717) is 18.9 Å². The molecule has 0 spiro atoms. The minimum Gasteiger partial charge on any atom is -0.466 e. The lowest BCUT2D eigenvalue weighted by Gasteiger charge is -2.06. The molecule has 1 N–H and O–H groups in total. The molecule has 1 aliphatic rings. The summed E-state index contributed by atoms with van der Waals surface area (Å²) in [6, 6.07) is 0. The highest BCUT2D eigenvalue weighted by atomic mass is 16.5. The van der Waals surface area contributed by atoms with Gasteiger partial charge in [-0.1, -0.05) is 0 Å². The van der Waals surface area contributed by atoms with E-state index in [1.54, 1.807) is 0 Å². The van der Waals surface area contributed by atoms with Gasteiger partial charge in [-0.15, -0.1) is 0 Å². The molecular formula is C9H17NO2. The fraction of sp³-hybridized carbons (Fsp3) is 0.889. The van der Waals surface area contributed by atoms with Gasteiger partial charge in [-0.25, -0.2) is 0 Å². The normalized spacial score (nSPS) is 22.6. The summed E-state index contributed by atoms with van der Waals surface area (Å²) in [5, 5.41) is 3.28. The van der Waals surface area contributed by atoms with Gasteiger partial charge in [0.1, 0.15) is 0 Å². The molecule has 3 nitrogen and oxygen atoms in total. The second-order valence-electron chi connectivity index (χ2n) is 3.20. The van der Waals surface area contributed by atoms with E-state index in [9.17, 15) is 4.79 Å². The molecule has 70 valence electrons. The minimum absolute atomic E-state index is 0.0515. The van der Waals surface area contributed by atoms with Crippen molar-refractivity contribution in [1.82, 2.24) is 5.32 Å². The second-order valence-corrected chi connectivity index (χ2v) is 3.20. The summed E-state index contributed by atoms with van der Waals surface area (Å²) in [5.41, 5.74) is 0. The van der Waals surface area contributed by atoms with Crippen molar-refractivity contribution in [3.63, 3.8) is 0 Å². The van der Waals surface area contributed by atoms with Crippen LogP contribution in [0.1, 0.15) is 26.2 Å². The van der Waals surface area contributed by atoms with E-state index >= 15 is 0 Å². The van der Waals surface area contributed by atoms with E-state index in [4.69, 9.17) is 4.74 Å². The topological polar surface area (TPSA) is 38.3 Å². The van der Waals surface area contributed by atoms with Crippen LogP contribution in [0.15, 0.2) is 0 Å². The van der Waals surface area contributed by atoms with Gasteiger partial charge >= 0.3 is 5.97 Å². The Morgan fingerprint density at radius 2 is 2.50 bits per heavy atom. The number of ether oxygens (including phenoxy) is 1. The molecular weight excluding hydrogens is 154 g/mol. The predicted octanol–water partition coefficient (Wildman–Crippen LogP) is 0.939. The number of carbonyl (C=O) groups excluding carboxylic acids is 1. The first-order valence-electron chi connectivity index (χ1n) is 4.69. The van der Waals surface area contributed by atoms with Crippen molar-refractivity contribution in [2.45, 2.75) is 26.2 Å². The maximum Gasteiger partial charge on any atom is 0.305 e. The fourth-order valence-electron chi connectivity index (χ4n) is 1.52. The predicted molar refractivity (Wildman–Crippen MR) is 46.8 cm³/mol. The van der Waals surface area contributed by atoms with Crippen LogP contribution in [0, 0.1) is 5.92 Å². The van der Waals surface area contributed by atoms with Gasteiger partial charge in [-0.3, -0.25) is 4.79 Å². The van der Waals surface area contributed by atoms with E-state index in [2.05, 4.69) is 5.32 Å². The van der Waals surface area contributed by atoms with Gasteiger partial charge < -0.3 is 10.1 Å². The second kappa shape index (κ2) is 5.14. The Balaban J connectivity index is 2.03. The lowest BCUT2D eigenvalue weighted by Crippen LogP contribution is -2.11. The average Bonchev–Trinajstić information content (AvgIpc) is 2.53. The molecule has 1 saturated heterocycles. The van der Waals surface area contributed by atoms with Crippen molar-refractivity contribution >= 4 is 5.97 Å². The third-order valence-electron chi connectivity index (χ3n) is 2.22. The van der Waals surface area contributed by atoms with E-state index < -0.39 is 0 Å². The molecule has 12 heavy (non-hydrogen) atoms. The smallest absolute Gasteiger partial charge is 0.305 e. The summed E-state index contributed by atoms with van der Waals surface area (Å²) >= 11 is 0. The molecule has 0 aromatic rings. The molecule has 0 aromatic carbocycles. The molecule has 1 atom stereocenters. The highest BCUT2D eigenvalue weighted by Crippen LogP contribution is 2.14. The van der Waals surface area contributed by atoms with Crippen LogP contribution in [-0.4, -0.2) is 25.7 Å². The van der Waals surface area contributed by atoms with E-state index in [1.807, 2.05) is 6.92 Å². The van der Waals surface area contributed by atoms with Crippen molar-refractivity contribution in [3.05, 3.63) is 0 Å². The molecule has 3 heteroatoms. The summed E-state index contributed by atoms with van der Waals surface area (Å²) in [7, 11) is 0. The lowest BCUT2D eigenvalue weighted by atomic mass is 10.0. The van der Waals surface area contributed by atoms with Crippen LogP contribution >= 0.6 is 0 Å². The van der Waals surface area contributed by atoms with Gasteiger partial charge in [0.15, 0.2) is 0 Å². The maximum absolute atomic E-state index is 11.0. The summed E-state index contributed by atoms with van der Waals surface area (Å²) in [6.07, 6.45) is 2.77. The zero-order valence-corrected chi connectivity index (χ0v) is 7.64. The lowest BCUT2D eigenvalue weighted by molar-refractivity contribution is -0.143. The average molecular weight is 171 g/mol. The third kappa shape index (κ3) is 3.22. The molecule has 0 radical (unpaired) electrons. The molecule has 1 heterocycles. The number of hydrogen-bond acceptors (Lipinski definition) is 3. The Morgan fingerprint density at radius 3 is 3.08 bits per heavy atom. The first-order chi connectivity index (χ1) is 5.83. The Labute approximate surface area is 73.5 Å². The standard InChI is InChI=1S/C9H17NO2/c1-2-12-9(11)4-3-8-5-6-10-7-8/h8,10H,2-7H2,1H3. The van der Waals surface area contributed by atoms with Crippen LogP contribution in [-0.2, 0) is 9.53 Å². The summed E-state index contributed by atoms with van der Waals surface area (Å²) in [4.78, 5) is 11.0. The monoisotopic (exact) mass is 171 g/mol. The van der Waals surface area contributed by atoms with Crippen molar-refractivity contribution in [1.29, 1.82) is 0 Å². The minimum atomic E-state index is -0.0515. The van der Waals surface area contributed by atoms with Crippen LogP contribution in [0.4, 0.5) is 0 Å². The van der Waals surface area contributed by atoms with E-state index in [1.165, 1.54) is 6.42 Å². The van der Waals surface area contributed by atoms with Gasteiger partial charge in [-0.05, 0) is 38.8 Å². The van der Waals surface area contributed by atoms with Gasteiger partial charge in [0.2, 0.25) is 0 Å². The number of carbonyl (C=O) groups is 1. The molecule has 0 aliphatic carbocycles. The summed E-state index contributed by atoms with van der Waals surface area (Å²) < 4.78 is 4.84.